The first-order valence-corrected chi connectivity index (χ1v) is 5.74. The van der Waals surface area contributed by atoms with Crippen LogP contribution in [0.3, 0.4) is 0 Å². The number of benzene rings is 1. The van der Waals surface area contributed by atoms with Crippen molar-refractivity contribution >= 4 is 12.2 Å². The summed E-state index contributed by atoms with van der Waals surface area (Å²) in [5.41, 5.74) is 4.03. The van der Waals surface area contributed by atoms with E-state index in [1.54, 1.807) is 0 Å². The van der Waals surface area contributed by atoms with E-state index in [0.717, 1.165) is 0 Å². The minimum atomic E-state index is 0.214. The molecule has 3 aliphatic rings. The maximum absolute atomic E-state index is 5.86. The molecule has 1 heteroatoms. The molecule has 1 aromatic carbocycles. The number of fused-ring (bicyclic) bond motifs is 6. The third kappa shape index (κ3) is 1.04. The molecule has 0 radical (unpaired) electrons. The Morgan fingerprint density at radius 2 is 1.81 bits per heavy atom. The number of hydrogen-bond acceptors (Lipinski definition) is 1. The van der Waals surface area contributed by atoms with Crippen LogP contribution in [0.2, 0.25) is 0 Å². The Morgan fingerprint density at radius 1 is 0.938 bits per heavy atom. The van der Waals surface area contributed by atoms with Crippen LogP contribution in [-0.2, 0) is 4.74 Å². The van der Waals surface area contributed by atoms with Gasteiger partial charge in [0.25, 0.3) is 0 Å². The molecule has 3 unspecified atom stereocenters. The Labute approximate surface area is 94.7 Å². The fourth-order valence-corrected chi connectivity index (χ4v) is 2.82. The van der Waals surface area contributed by atoms with E-state index < -0.39 is 0 Å². The van der Waals surface area contributed by atoms with Crippen molar-refractivity contribution in [2.24, 2.45) is 5.92 Å². The third-order valence-corrected chi connectivity index (χ3v) is 3.65. The number of hydrogen-bond donors (Lipinski definition) is 0. The summed E-state index contributed by atoms with van der Waals surface area (Å²) in [6.07, 6.45) is 11.6. The molecule has 0 saturated carbocycles. The van der Waals surface area contributed by atoms with E-state index in [-0.39, 0.29) is 12.2 Å². The molecule has 78 valence electrons. The Kier molecular flexibility index (Phi) is 1.58. The van der Waals surface area contributed by atoms with Gasteiger partial charge in [-0.15, -0.1) is 0 Å². The smallest absolute Gasteiger partial charge is 0.0986 e. The standard InChI is InChI=1S/C15H12O/c1-2-4-11-9-13-12(6-5-10(11)3-1)14-7-8-15(13)16-14/h1-9,12,14-15H. The third-order valence-electron chi connectivity index (χ3n) is 3.65. The fraction of sp³-hybridized carbons (Fsp3) is 0.200. The highest BCUT2D eigenvalue weighted by molar-refractivity contribution is 5.71. The summed E-state index contributed by atoms with van der Waals surface area (Å²) >= 11 is 0. The average Bonchev–Trinajstić information content (AvgIpc) is 2.84. The van der Waals surface area contributed by atoms with Crippen LogP contribution in [0, 0.1) is 5.92 Å². The molecular weight excluding hydrogens is 196 g/mol. The van der Waals surface area contributed by atoms with Crippen molar-refractivity contribution in [3.05, 3.63) is 59.2 Å². The monoisotopic (exact) mass is 208 g/mol. The second-order valence-electron chi connectivity index (χ2n) is 4.56. The van der Waals surface area contributed by atoms with Crippen LogP contribution in [-0.4, -0.2) is 12.2 Å². The van der Waals surface area contributed by atoms with E-state index >= 15 is 0 Å². The Hall–Kier alpha value is -1.60. The second kappa shape index (κ2) is 2.96. The lowest BCUT2D eigenvalue weighted by Gasteiger charge is -2.12. The molecule has 1 fully saturated rings. The van der Waals surface area contributed by atoms with Crippen LogP contribution >= 0.6 is 0 Å². The zero-order valence-corrected chi connectivity index (χ0v) is 8.84. The van der Waals surface area contributed by atoms with Crippen LogP contribution in [0.4, 0.5) is 0 Å². The molecule has 0 amide bonds. The molecule has 1 nitrogen and oxygen atoms in total. The normalized spacial score (nSPS) is 33.2. The summed E-state index contributed by atoms with van der Waals surface area (Å²) in [6, 6.07) is 8.52. The highest BCUT2D eigenvalue weighted by Crippen LogP contribution is 2.42. The van der Waals surface area contributed by atoms with Gasteiger partial charge in [0.15, 0.2) is 0 Å². The predicted molar refractivity (Wildman–Crippen MR) is 64.7 cm³/mol. The molecule has 2 aliphatic heterocycles. The van der Waals surface area contributed by atoms with Crippen molar-refractivity contribution in [2.75, 3.05) is 0 Å². The summed E-state index contributed by atoms with van der Waals surface area (Å²) in [5, 5.41) is 0. The summed E-state index contributed by atoms with van der Waals surface area (Å²) < 4.78 is 5.86. The van der Waals surface area contributed by atoms with Crippen LogP contribution in [0.15, 0.2) is 48.1 Å². The van der Waals surface area contributed by atoms with Crippen molar-refractivity contribution in [2.45, 2.75) is 12.2 Å². The summed E-state index contributed by atoms with van der Waals surface area (Å²) in [5.74, 6) is 0.447. The van der Waals surface area contributed by atoms with Crippen LogP contribution in [0.25, 0.3) is 12.2 Å². The first kappa shape index (κ1) is 8.54. The zero-order valence-electron chi connectivity index (χ0n) is 8.84. The maximum Gasteiger partial charge on any atom is 0.0986 e. The molecule has 0 aromatic heterocycles. The van der Waals surface area contributed by atoms with Gasteiger partial charge in [0.2, 0.25) is 0 Å². The van der Waals surface area contributed by atoms with Gasteiger partial charge in [-0.3, -0.25) is 0 Å². The molecule has 0 N–H and O–H groups in total. The van der Waals surface area contributed by atoms with Gasteiger partial charge in [-0.1, -0.05) is 54.6 Å². The molecular formula is C15H12O. The van der Waals surface area contributed by atoms with Crippen molar-refractivity contribution in [1.82, 2.24) is 0 Å². The lowest BCUT2D eigenvalue weighted by atomic mass is 9.88. The molecule has 1 saturated heterocycles. The van der Waals surface area contributed by atoms with Crippen LogP contribution in [0.1, 0.15) is 11.1 Å². The second-order valence-corrected chi connectivity index (χ2v) is 4.56. The van der Waals surface area contributed by atoms with Crippen molar-refractivity contribution < 1.29 is 4.74 Å². The van der Waals surface area contributed by atoms with E-state index in [1.807, 2.05) is 0 Å². The van der Waals surface area contributed by atoms with Crippen molar-refractivity contribution in [3.8, 4) is 0 Å². The molecule has 16 heavy (non-hydrogen) atoms. The average molecular weight is 208 g/mol. The van der Waals surface area contributed by atoms with Gasteiger partial charge in [-0.2, -0.15) is 0 Å². The van der Waals surface area contributed by atoms with Gasteiger partial charge in [0.1, 0.15) is 0 Å². The summed E-state index contributed by atoms with van der Waals surface area (Å²) in [6.45, 7) is 0. The van der Waals surface area contributed by atoms with Crippen molar-refractivity contribution in [1.29, 1.82) is 0 Å². The van der Waals surface area contributed by atoms with Crippen LogP contribution in [0.5, 0.6) is 0 Å². The Balaban J connectivity index is 1.92. The topological polar surface area (TPSA) is 9.23 Å². The quantitative estimate of drug-likeness (QED) is 0.595. The predicted octanol–water partition coefficient (Wildman–Crippen LogP) is 3.05. The zero-order chi connectivity index (χ0) is 10.5. The molecule has 0 spiro atoms. The van der Waals surface area contributed by atoms with E-state index in [9.17, 15) is 0 Å². The van der Waals surface area contributed by atoms with E-state index in [0.29, 0.717) is 5.92 Å². The lowest BCUT2D eigenvalue weighted by molar-refractivity contribution is 0.118. The van der Waals surface area contributed by atoms with Gasteiger partial charge in [0.05, 0.1) is 12.2 Å². The van der Waals surface area contributed by atoms with Crippen molar-refractivity contribution in [3.63, 3.8) is 0 Å². The van der Waals surface area contributed by atoms with Gasteiger partial charge >= 0.3 is 0 Å². The lowest BCUT2D eigenvalue weighted by Crippen LogP contribution is -2.12. The maximum atomic E-state index is 5.86. The van der Waals surface area contributed by atoms with Crippen LogP contribution < -0.4 is 0 Å². The molecule has 2 bridgehead atoms. The fourth-order valence-electron chi connectivity index (χ4n) is 2.82. The van der Waals surface area contributed by atoms with E-state index in [2.05, 4.69) is 54.6 Å². The molecule has 2 heterocycles. The SMILES string of the molecule is C1=CC2C(=Cc3ccccc31)C1C=CC2O1. The minimum Gasteiger partial charge on any atom is -0.361 e. The Bertz CT molecular complexity index is 536. The van der Waals surface area contributed by atoms with Gasteiger partial charge in [0, 0.05) is 5.92 Å². The Morgan fingerprint density at radius 3 is 2.75 bits per heavy atom. The minimum absolute atomic E-state index is 0.214. The van der Waals surface area contributed by atoms with E-state index in [4.69, 9.17) is 4.74 Å². The molecule has 3 atom stereocenters. The highest BCUT2D eigenvalue weighted by atomic mass is 16.5. The molecule has 4 rings (SSSR count). The molecule has 1 aliphatic carbocycles. The highest BCUT2D eigenvalue weighted by Gasteiger charge is 2.40. The number of rotatable bonds is 0. The first-order chi connectivity index (χ1) is 7.92. The molecule has 1 aromatic rings. The summed E-state index contributed by atoms with van der Waals surface area (Å²) in [4.78, 5) is 0. The largest absolute Gasteiger partial charge is 0.361 e. The van der Waals surface area contributed by atoms with Gasteiger partial charge in [-0.25, -0.2) is 0 Å². The van der Waals surface area contributed by atoms with Gasteiger partial charge in [-0.05, 0) is 16.7 Å². The van der Waals surface area contributed by atoms with E-state index in [1.165, 1.54) is 16.7 Å². The first-order valence-electron chi connectivity index (χ1n) is 5.74. The number of ether oxygens (including phenoxy) is 1. The van der Waals surface area contributed by atoms with Gasteiger partial charge < -0.3 is 4.74 Å². The summed E-state index contributed by atoms with van der Waals surface area (Å²) in [7, 11) is 0.